The minimum absolute atomic E-state index is 0.569. The molecule has 3 rings (SSSR count). The molecule has 1 aromatic carbocycles. The Kier molecular flexibility index (Phi) is 5.30. The molecule has 0 unspecified atom stereocenters. The number of nitrogens with zero attached hydrogens (tertiary/aromatic N) is 2. The van der Waals surface area contributed by atoms with Crippen LogP contribution >= 0.6 is 23.6 Å². The van der Waals surface area contributed by atoms with E-state index >= 15 is 0 Å². The molecular formula is C18H16N4S2. The number of hydrogen-bond acceptors (Lipinski definition) is 4. The molecule has 0 aliphatic carbocycles. The third-order valence-corrected chi connectivity index (χ3v) is 4.32. The summed E-state index contributed by atoms with van der Waals surface area (Å²) in [4.78, 5) is 9.03. The maximum absolute atomic E-state index is 5.24. The molecule has 24 heavy (non-hydrogen) atoms. The summed E-state index contributed by atoms with van der Waals surface area (Å²) >= 11 is 6.82. The van der Waals surface area contributed by atoms with Crippen LogP contribution in [0.1, 0.15) is 0 Å². The highest BCUT2D eigenvalue weighted by Crippen LogP contribution is 2.28. The van der Waals surface area contributed by atoms with Gasteiger partial charge < -0.3 is 10.6 Å². The molecule has 120 valence electrons. The molecule has 3 aromatic rings. The topological polar surface area (TPSA) is 49.8 Å². The van der Waals surface area contributed by atoms with Crippen molar-refractivity contribution in [1.82, 2.24) is 15.3 Å². The van der Waals surface area contributed by atoms with Gasteiger partial charge in [0, 0.05) is 29.4 Å². The first-order valence-corrected chi connectivity index (χ1v) is 8.68. The van der Waals surface area contributed by atoms with Crippen LogP contribution in [0.5, 0.6) is 0 Å². The van der Waals surface area contributed by atoms with Gasteiger partial charge in [-0.2, -0.15) is 0 Å². The largest absolute Gasteiger partial charge is 0.359 e. The molecule has 0 aliphatic heterocycles. The molecule has 0 fully saturated rings. The summed E-state index contributed by atoms with van der Waals surface area (Å²) in [7, 11) is 0. The predicted octanol–water partition coefficient (Wildman–Crippen LogP) is 4.34. The van der Waals surface area contributed by atoms with Crippen LogP contribution in [0.25, 0.3) is 22.0 Å². The number of aromatic nitrogens is 2. The van der Waals surface area contributed by atoms with Gasteiger partial charge in [0.25, 0.3) is 0 Å². The van der Waals surface area contributed by atoms with Gasteiger partial charge in [-0.25, -0.2) is 4.98 Å². The number of thiocarbonyl (C=S) groups is 1. The van der Waals surface area contributed by atoms with Gasteiger partial charge in [0.15, 0.2) is 5.11 Å². The quantitative estimate of drug-likeness (QED) is 0.528. The van der Waals surface area contributed by atoms with Crippen molar-refractivity contribution < 1.29 is 0 Å². The van der Waals surface area contributed by atoms with E-state index in [4.69, 9.17) is 12.2 Å². The standard InChI is InChI=1S/C18H16N4S2/c1-2-9-20-18(23)21-14-7-5-6-13(11-14)16-12-24-17(22-16)15-8-3-4-10-19-15/h2-8,10-12H,1,9H2,(H2,20,21,23). The second kappa shape index (κ2) is 7.81. The molecular weight excluding hydrogens is 336 g/mol. The SMILES string of the molecule is C=CCNC(=S)Nc1cccc(-c2csc(-c3ccccn3)n2)c1. The van der Waals surface area contributed by atoms with E-state index in [9.17, 15) is 0 Å². The van der Waals surface area contributed by atoms with Gasteiger partial charge in [-0.05, 0) is 36.5 Å². The minimum Gasteiger partial charge on any atom is -0.359 e. The summed E-state index contributed by atoms with van der Waals surface area (Å²) in [6.07, 6.45) is 3.54. The number of benzene rings is 1. The van der Waals surface area contributed by atoms with Gasteiger partial charge in [-0.15, -0.1) is 17.9 Å². The number of thiazole rings is 1. The van der Waals surface area contributed by atoms with Crippen molar-refractivity contribution >= 4 is 34.4 Å². The van der Waals surface area contributed by atoms with Crippen molar-refractivity contribution in [3.05, 3.63) is 66.7 Å². The summed E-state index contributed by atoms with van der Waals surface area (Å²) in [5, 5.41) is 9.72. The molecule has 0 radical (unpaired) electrons. The van der Waals surface area contributed by atoms with Crippen molar-refractivity contribution in [2.24, 2.45) is 0 Å². The van der Waals surface area contributed by atoms with Crippen LogP contribution in [-0.2, 0) is 0 Å². The van der Waals surface area contributed by atoms with Crippen LogP contribution in [0, 0.1) is 0 Å². The molecule has 0 amide bonds. The third-order valence-electron chi connectivity index (χ3n) is 3.21. The Morgan fingerprint density at radius 3 is 2.92 bits per heavy atom. The first-order valence-electron chi connectivity index (χ1n) is 7.39. The van der Waals surface area contributed by atoms with Crippen LogP contribution < -0.4 is 10.6 Å². The molecule has 0 saturated heterocycles. The highest BCUT2D eigenvalue weighted by atomic mass is 32.1. The maximum atomic E-state index is 5.24. The zero-order valence-electron chi connectivity index (χ0n) is 12.9. The van der Waals surface area contributed by atoms with Crippen LogP contribution in [0.3, 0.4) is 0 Å². The lowest BCUT2D eigenvalue weighted by Crippen LogP contribution is -2.28. The van der Waals surface area contributed by atoms with Gasteiger partial charge in [0.05, 0.1) is 11.4 Å². The summed E-state index contributed by atoms with van der Waals surface area (Å²) < 4.78 is 0. The Morgan fingerprint density at radius 1 is 1.21 bits per heavy atom. The number of hydrogen-bond donors (Lipinski definition) is 2. The highest BCUT2D eigenvalue weighted by molar-refractivity contribution is 7.80. The number of pyridine rings is 1. The van der Waals surface area contributed by atoms with E-state index < -0.39 is 0 Å². The normalized spacial score (nSPS) is 10.2. The van der Waals surface area contributed by atoms with Gasteiger partial charge in [0.2, 0.25) is 0 Å². The average molecular weight is 352 g/mol. The average Bonchev–Trinajstić information content (AvgIpc) is 3.11. The van der Waals surface area contributed by atoms with E-state index in [0.29, 0.717) is 11.7 Å². The van der Waals surface area contributed by atoms with Crippen molar-refractivity contribution in [1.29, 1.82) is 0 Å². The summed E-state index contributed by atoms with van der Waals surface area (Å²) in [6, 6.07) is 13.8. The van der Waals surface area contributed by atoms with Crippen molar-refractivity contribution in [3.8, 4) is 22.0 Å². The molecule has 0 bridgehead atoms. The second-order valence-electron chi connectivity index (χ2n) is 4.96. The van der Waals surface area contributed by atoms with E-state index in [0.717, 1.165) is 27.6 Å². The second-order valence-corrected chi connectivity index (χ2v) is 6.22. The van der Waals surface area contributed by atoms with Crippen LogP contribution in [-0.4, -0.2) is 21.6 Å². The van der Waals surface area contributed by atoms with Crippen LogP contribution in [0.15, 0.2) is 66.7 Å². The fraction of sp³-hybridized carbons (Fsp3) is 0.0556. The summed E-state index contributed by atoms with van der Waals surface area (Å²) in [5.41, 5.74) is 3.76. The molecule has 2 aromatic heterocycles. The fourth-order valence-electron chi connectivity index (χ4n) is 2.11. The van der Waals surface area contributed by atoms with Crippen molar-refractivity contribution in [2.75, 3.05) is 11.9 Å². The first-order chi connectivity index (χ1) is 11.8. The number of anilines is 1. The van der Waals surface area contributed by atoms with Gasteiger partial charge in [-0.3, -0.25) is 4.98 Å². The lowest BCUT2D eigenvalue weighted by molar-refractivity contribution is 1.06. The van der Waals surface area contributed by atoms with E-state index in [1.54, 1.807) is 23.6 Å². The monoisotopic (exact) mass is 352 g/mol. The Labute approximate surface area is 150 Å². The zero-order chi connectivity index (χ0) is 16.8. The smallest absolute Gasteiger partial charge is 0.171 e. The molecule has 0 saturated carbocycles. The maximum Gasteiger partial charge on any atom is 0.171 e. The fourth-order valence-corrected chi connectivity index (χ4v) is 3.12. The Balaban J connectivity index is 1.78. The molecule has 0 spiro atoms. The van der Waals surface area contributed by atoms with Crippen molar-refractivity contribution in [2.45, 2.75) is 0 Å². The van der Waals surface area contributed by atoms with Gasteiger partial charge in [0.1, 0.15) is 5.01 Å². The predicted molar refractivity (Wildman–Crippen MR) is 105 cm³/mol. The van der Waals surface area contributed by atoms with E-state index in [1.165, 1.54) is 0 Å². The van der Waals surface area contributed by atoms with Gasteiger partial charge in [-0.1, -0.05) is 24.3 Å². The van der Waals surface area contributed by atoms with Crippen LogP contribution in [0.4, 0.5) is 5.69 Å². The molecule has 2 heterocycles. The Hall–Kier alpha value is -2.57. The van der Waals surface area contributed by atoms with E-state index in [-0.39, 0.29) is 0 Å². The number of nitrogens with one attached hydrogen (secondary N) is 2. The van der Waals surface area contributed by atoms with Crippen LogP contribution in [0.2, 0.25) is 0 Å². The van der Waals surface area contributed by atoms with E-state index in [2.05, 4.69) is 27.2 Å². The molecule has 6 heteroatoms. The van der Waals surface area contributed by atoms with Crippen molar-refractivity contribution in [3.63, 3.8) is 0 Å². The lowest BCUT2D eigenvalue weighted by atomic mass is 10.1. The van der Waals surface area contributed by atoms with Gasteiger partial charge >= 0.3 is 0 Å². The summed E-state index contributed by atoms with van der Waals surface area (Å²) in [6.45, 7) is 4.29. The third kappa shape index (κ3) is 4.04. The molecule has 0 atom stereocenters. The molecule has 2 N–H and O–H groups in total. The highest BCUT2D eigenvalue weighted by Gasteiger charge is 2.08. The molecule has 0 aliphatic rings. The minimum atomic E-state index is 0.569. The molecule has 4 nitrogen and oxygen atoms in total. The lowest BCUT2D eigenvalue weighted by Gasteiger charge is -2.09. The first kappa shape index (κ1) is 16.3. The summed E-state index contributed by atoms with van der Waals surface area (Å²) in [5.74, 6) is 0. The number of rotatable bonds is 5. The zero-order valence-corrected chi connectivity index (χ0v) is 14.5. The van der Waals surface area contributed by atoms with E-state index in [1.807, 2.05) is 47.8 Å². The Morgan fingerprint density at radius 2 is 2.12 bits per heavy atom. The Bertz CT molecular complexity index is 843.